The summed E-state index contributed by atoms with van der Waals surface area (Å²) < 4.78 is 2.14. The summed E-state index contributed by atoms with van der Waals surface area (Å²) in [5.41, 5.74) is 2.17. The van der Waals surface area contributed by atoms with Crippen LogP contribution in [0.3, 0.4) is 0 Å². The summed E-state index contributed by atoms with van der Waals surface area (Å²) in [5, 5.41) is 6.24. The molecule has 1 aromatic heterocycles. The molecule has 1 atom stereocenters. The molecule has 22 heavy (non-hydrogen) atoms. The van der Waals surface area contributed by atoms with Gasteiger partial charge >= 0.3 is 0 Å². The molecule has 1 aliphatic heterocycles. The van der Waals surface area contributed by atoms with Gasteiger partial charge in [-0.05, 0) is 31.5 Å². The van der Waals surface area contributed by atoms with Gasteiger partial charge in [-0.3, -0.25) is 4.79 Å². The van der Waals surface area contributed by atoms with Gasteiger partial charge in [-0.2, -0.15) is 0 Å². The maximum Gasteiger partial charge on any atom is 0.224 e. The topological polar surface area (TPSA) is 59.0 Å². The smallest absolute Gasteiger partial charge is 0.224 e. The van der Waals surface area contributed by atoms with Gasteiger partial charge in [-0.15, -0.1) is 24.8 Å². The third-order valence-electron chi connectivity index (χ3n) is 3.83. The van der Waals surface area contributed by atoms with Crippen LogP contribution < -0.4 is 10.6 Å². The van der Waals surface area contributed by atoms with E-state index in [-0.39, 0.29) is 36.6 Å². The first kappa shape index (κ1) is 18.7. The number of hydrogen-bond donors (Lipinski definition) is 2. The number of aryl methyl sites for hydroxylation is 1. The predicted molar refractivity (Wildman–Crippen MR) is 92.8 cm³/mol. The van der Waals surface area contributed by atoms with Gasteiger partial charge in [-0.1, -0.05) is 12.1 Å². The van der Waals surface area contributed by atoms with E-state index in [9.17, 15) is 4.79 Å². The highest BCUT2D eigenvalue weighted by Crippen LogP contribution is 2.12. The van der Waals surface area contributed by atoms with E-state index in [1.54, 1.807) is 0 Å². The molecule has 0 bridgehead atoms. The third kappa shape index (κ3) is 4.35. The molecule has 2 N–H and O–H groups in total. The first-order valence-corrected chi connectivity index (χ1v) is 7.23. The number of fused-ring (bicyclic) bond motifs is 1. The zero-order chi connectivity index (χ0) is 13.8. The van der Waals surface area contributed by atoms with Crippen molar-refractivity contribution in [2.75, 3.05) is 19.6 Å². The van der Waals surface area contributed by atoms with E-state index in [2.05, 4.69) is 26.3 Å². The average molecular weight is 345 g/mol. The Hall–Kier alpha value is -1.30. The van der Waals surface area contributed by atoms with Gasteiger partial charge in [0.15, 0.2) is 0 Å². The van der Waals surface area contributed by atoms with Crippen LogP contribution in [0.1, 0.15) is 12.8 Å². The van der Waals surface area contributed by atoms with E-state index in [0.717, 1.165) is 50.1 Å². The quantitative estimate of drug-likeness (QED) is 0.815. The highest BCUT2D eigenvalue weighted by atomic mass is 35.5. The van der Waals surface area contributed by atoms with Crippen LogP contribution in [0.2, 0.25) is 0 Å². The van der Waals surface area contributed by atoms with Crippen molar-refractivity contribution >= 4 is 41.8 Å². The van der Waals surface area contributed by atoms with Crippen LogP contribution >= 0.6 is 24.8 Å². The molecule has 0 spiro atoms. The molecule has 1 fully saturated rings. The lowest BCUT2D eigenvalue weighted by Gasteiger charge is -2.10. The van der Waals surface area contributed by atoms with E-state index in [1.807, 2.05) is 24.5 Å². The number of para-hydroxylation sites is 2. The Morgan fingerprint density at radius 1 is 1.36 bits per heavy atom. The number of rotatable bonds is 5. The van der Waals surface area contributed by atoms with Gasteiger partial charge in [0.25, 0.3) is 0 Å². The van der Waals surface area contributed by atoms with E-state index < -0.39 is 0 Å². The first-order chi connectivity index (χ1) is 9.84. The molecule has 1 aliphatic rings. The molecule has 0 aliphatic carbocycles. The Kier molecular flexibility index (Phi) is 7.65. The third-order valence-corrected chi connectivity index (χ3v) is 3.83. The molecule has 3 rings (SSSR count). The number of hydrogen-bond acceptors (Lipinski definition) is 3. The fourth-order valence-electron chi connectivity index (χ4n) is 2.67. The van der Waals surface area contributed by atoms with Crippen LogP contribution in [0.25, 0.3) is 11.0 Å². The zero-order valence-electron chi connectivity index (χ0n) is 12.3. The molecule has 1 unspecified atom stereocenters. The van der Waals surface area contributed by atoms with Gasteiger partial charge < -0.3 is 15.2 Å². The second-order valence-corrected chi connectivity index (χ2v) is 5.26. The van der Waals surface area contributed by atoms with Crippen LogP contribution in [0.5, 0.6) is 0 Å². The molecule has 2 aromatic rings. The number of halogens is 2. The summed E-state index contributed by atoms with van der Waals surface area (Å²) in [5.74, 6) is 0.342. The number of nitrogens with one attached hydrogen (secondary N) is 2. The predicted octanol–water partition coefficient (Wildman–Crippen LogP) is 2.00. The van der Waals surface area contributed by atoms with Crippen molar-refractivity contribution in [1.29, 1.82) is 0 Å². The van der Waals surface area contributed by atoms with Gasteiger partial charge in [0.05, 0.1) is 23.3 Å². The van der Waals surface area contributed by atoms with Crippen molar-refractivity contribution in [3.8, 4) is 0 Å². The summed E-state index contributed by atoms with van der Waals surface area (Å²) >= 11 is 0. The fourth-order valence-corrected chi connectivity index (χ4v) is 2.67. The molecular weight excluding hydrogens is 323 g/mol. The molecule has 0 radical (unpaired) electrons. The van der Waals surface area contributed by atoms with Gasteiger partial charge in [0.1, 0.15) is 0 Å². The van der Waals surface area contributed by atoms with Crippen molar-refractivity contribution in [2.24, 2.45) is 5.92 Å². The molecule has 0 saturated carbocycles. The Morgan fingerprint density at radius 2 is 2.18 bits per heavy atom. The monoisotopic (exact) mass is 344 g/mol. The minimum Gasteiger partial charge on any atom is -0.356 e. The van der Waals surface area contributed by atoms with Crippen molar-refractivity contribution in [2.45, 2.75) is 19.4 Å². The number of nitrogens with zero attached hydrogens (tertiary/aromatic N) is 2. The molecule has 122 valence electrons. The minimum absolute atomic E-state index is 0. The van der Waals surface area contributed by atoms with E-state index in [4.69, 9.17) is 0 Å². The number of benzene rings is 1. The number of aromatic nitrogens is 2. The molecule has 1 saturated heterocycles. The van der Waals surface area contributed by atoms with E-state index in [1.165, 1.54) is 0 Å². The molecule has 1 amide bonds. The summed E-state index contributed by atoms with van der Waals surface area (Å²) in [6.07, 6.45) is 3.75. The normalized spacial score (nSPS) is 16.8. The zero-order valence-corrected chi connectivity index (χ0v) is 14.0. The molecule has 5 nitrogen and oxygen atoms in total. The van der Waals surface area contributed by atoms with Gasteiger partial charge in [0.2, 0.25) is 5.91 Å². The molecule has 7 heteroatoms. The summed E-state index contributed by atoms with van der Waals surface area (Å²) in [7, 11) is 0. The maximum absolute atomic E-state index is 11.8. The fraction of sp³-hybridized carbons (Fsp3) is 0.467. The highest BCUT2D eigenvalue weighted by molar-refractivity contribution is 5.85. The lowest BCUT2D eigenvalue weighted by atomic mass is 10.1. The van der Waals surface area contributed by atoms with Crippen LogP contribution in [0, 0.1) is 5.92 Å². The lowest BCUT2D eigenvalue weighted by Crippen LogP contribution is -2.32. The summed E-state index contributed by atoms with van der Waals surface area (Å²) in [6, 6.07) is 8.11. The van der Waals surface area contributed by atoms with Crippen LogP contribution in [-0.4, -0.2) is 35.1 Å². The molecule has 1 aromatic carbocycles. The number of imidazole rings is 1. The van der Waals surface area contributed by atoms with Gasteiger partial charge in [-0.25, -0.2) is 4.98 Å². The van der Waals surface area contributed by atoms with E-state index >= 15 is 0 Å². The van der Waals surface area contributed by atoms with Gasteiger partial charge in [0, 0.05) is 19.6 Å². The minimum atomic E-state index is 0. The average Bonchev–Trinajstić information content (AvgIpc) is 3.13. The largest absolute Gasteiger partial charge is 0.356 e. The van der Waals surface area contributed by atoms with Crippen molar-refractivity contribution in [3.63, 3.8) is 0 Å². The molecule has 2 heterocycles. The van der Waals surface area contributed by atoms with Crippen molar-refractivity contribution in [1.82, 2.24) is 20.2 Å². The van der Waals surface area contributed by atoms with E-state index in [0.29, 0.717) is 0 Å². The summed E-state index contributed by atoms with van der Waals surface area (Å²) in [4.78, 5) is 16.2. The number of carbonyl (C=O) groups excluding carboxylic acids is 1. The Balaban J connectivity index is 0.00000121. The Labute approximate surface area is 142 Å². The second kappa shape index (κ2) is 8.98. The SMILES string of the molecule is Cl.Cl.O=C(NCCCn1cnc2ccccc21)C1CCNC1. The second-order valence-electron chi connectivity index (χ2n) is 5.26. The number of carbonyl (C=O) groups is 1. The van der Waals surface area contributed by atoms with Crippen molar-refractivity contribution in [3.05, 3.63) is 30.6 Å². The standard InChI is InChI=1S/C15H20N4O.2ClH/c20-15(12-6-8-16-10-12)17-7-3-9-19-11-18-13-4-1-2-5-14(13)19;;/h1-2,4-5,11-12,16H,3,6-10H2,(H,17,20);2*1H. The maximum atomic E-state index is 11.8. The Morgan fingerprint density at radius 3 is 2.95 bits per heavy atom. The van der Waals surface area contributed by atoms with Crippen LogP contribution in [0.15, 0.2) is 30.6 Å². The Bertz CT molecular complexity index is 596. The van der Waals surface area contributed by atoms with Crippen LogP contribution in [0.4, 0.5) is 0 Å². The lowest BCUT2D eigenvalue weighted by molar-refractivity contribution is -0.124. The van der Waals surface area contributed by atoms with Crippen molar-refractivity contribution < 1.29 is 4.79 Å². The van der Waals surface area contributed by atoms with Crippen LogP contribution in [-0.2, 0) is 11.3 Å². The summed E-state index contributed by atoms with van der Waals surface area (Å²) in [6.45, 7) is 3.38. The first-order valence-electron chi connectivity index (χ1n) is 7.23. The number of amides is 1. The molecular formula is C15H22Cl2N4O. The highest BCUT2D eigenvalue weighted by Gasteiger charge is 2.21.